The van der Waals surface area contributed by atoms with Gasteiger partial charge in [0.2, 0.25) is 0 Å². The highest BCUT2D eigenvalue weighted by Gasteiger charge is 2.48. The SMILES string of the molecule is COc1cc(C)c2[nH]ccc2c1CN1CCC2(CCC2F)CC1. The molecule has 23 heavy (non-hydrogen) atoms. The van der Waals surface area contributed by atoms with Crippen molar-refractivity contribution < 1.29 is 9.13 Å². The Morgan fingerprint density at radius 1 is 1.35 bits per heavy atom. The number of hydrogen-bond donors (Lipinski definition) is 1. The Morgan fingerprint density at radius 3 is 2.74 bits per heavy atom. The number of nitrogens with one attached hydrogen (secondary N) is 1. The number of ether oxygens (including phenoxy) is 1. The van der Waals surface area contributed by atoms with E-state index in [2.05, 4.69) is 28.9 Å². The number of benzene rings is 1. The summed E-state index contributed by atoms with van der Waals surface area (Å²) in [5.41, 5.74) is 3.66. The number of alkyl halides is 1. The Morgan fingerprint density at radius 2 is 2.13 bits per heavy atom. The Labute approximate surface area is 136 Å². The molecule has 1 N–H and O–H groups in total. The van der Waals surface area contributed by atoms with Gasteiger partial charge in [0.25, 0.3) is 0 Å². The van der Waals surface area contributed by atoms with Crippen molar-refractivity contribution in [2.45, 2.75) is 45.3 Å². The van der Waals surface area contributed by atoms with Crippen LogP contribution in [0.1, 0.15) is 36.8 Å². The van der Waals surface area contributed by atoms with Crippen LogP contribution in [0.3, 0.4) is 0 Å². The van der Waals surface area contributed by atoms with E-state index in [9.17, 15) is 4.39 Å². The number of fused-ring (bicyclic) bond motifs is 1. The van der Waals surface area contributed by atoms with Crippen LogP contribution in [0, 0.1) is 12.3 Å². The van der Waals surface area contributed by atoms with Crippen molar-refractivity contribution in [2.24, 2.45) is 5.41 Å². The summed E-state index contributed by atoms with van der Waals surface area (Å²) in [5.74, 6) is 0.960. The van der Waals surface area contributed by atoms with Crippen LogP contribution in [-0.4, -0.2) is 36.3 Å². The lowest BCUT2D eigenvalue weighted by molar-refractivity contribution is -0.0543. The molecule has 2 fully saturated rings. The van der Waals surface area contributed by atoms with Crippen molar-refractivity contribution in [1.82, 2.24) is 9.88 Å². The molecule has 1 aliphatic carbocycles. The lowest BCUT2D eigenvalue weighted by atomic mass is 9.61. The van der Waals surface area contributed by atoms with Gasteiger partial charge in [-0.25, -0.2) is 4.39 Å². The fourth-order valence-electron chi connectivity index (χ4n) is 4.39. The molecule has 1 aliphatic heterocycles. The predicted molar refractivity (Wildman–Crippen MR) is 90.7 cm³/mol. The maximum atomic E-state index is 13.9. The minimum Gasteiger partial charge on any atom is -0.496 e. The van der Waals surface area contributed by atoms with Crippen LogP contribution in [0.4, 0.5) is 4.39 Å². The summed E-state index contributed by atoms with van der Waals surface area (Å²) in [7, 11) is 1.74. The molecule has 124 valence electrons. The number of aryl methyl sites for hydroxylation is 1. The van der Waals surface area contributed by atoms with Crippen molar-refractivity contribution in [2.75, 3.05) is 20.2 Å². The van der Waals surface area contributed by atoms with Crippen molar-refractivity contribution in [3.05, 3.63) is 29.5 Å². The first kappa shape index (κ1) is 15.0. The number of aromatic amines is 1. The summed E-state index contributed by atoms with van der Waals surface area (Å²) in [4.78, 5) is 5.78. The third kappa shape index (κ3) is 2.35. The van der Waals surface area contributed by atoms with Gasteiger partial charge in [-0.3, -0.25) is 4.90 Å². The third-order valence-corrected chi connectivity index (χ3v) is 6.13. The summed E-state index contributed by atoms with van der Waals surface area (Å²) < 4.78 is 19.5. The maximum Gasteiger partial charge on any atom is 0.124 e. The van der Waals surface area contributed by atoms with Crippen molar-refractivity contribution >= 4 is 10.9 Å². The first-order valence-electron chi connectivity index (χ1n) is 8.63. The van der Waals surface area contributed by atoms with E-state index in [1.165, 1.54) is 22.0 Å². The molecule has 1 saturated carbocycles. The van der Waals surface area contributed by atoms with Gasteiger partial charge >= 0.3 is 0 Å². The van der Waals surface area contributed by atoms with E-state index in [1.807, 2.05) is 6.20 Å². The van der Waals surface area contributed by atoms with E-state index >= 15 is 0 Å². The molecule has 1 atom stereocenters. The average molecular weight is 316 g/mol. The van der Waals surface area contributed by atoms with Gasteiger partial charge in [-0.1, -0.05) is 0 Å². The highest BCUT2D eigenvalue weighted by Crippen LogP contribution is 2.51. The minimum absolute atomic E-state index is 0.0112. The molecule has 1 spiro atoms. The third-order valence-electron chi connectivity index (χ3n) is 6.13. The van der Waals surface area contributed by atoms with E-state index in [1.54, 1.807) is 7.11 Å². The number of hydrogen-bond acceptors (Lipinski definition) is 2. The van der Waals surface area contributed by atoms with E-state index in [-0.39, 0.29) is 5.41 Å². The van der Waals surface area contributed by atoms with E-state index < -0.39 is 6.17 Å². The highest BCUT2D eigenvalue weighted by molar-refractivity contribution is 5.88. The summed E-state index contributed by atoms with van der Waals surface area (Å²) in [6.07, 6.45) is 5.29. The predicted octanol–water partition coefficient (Wildman–Crippen LogP) is 4.20. The Hall–Kier alpha value is -1.55. The Kier molecular flexibility index (Phi) is 3.60. The van der Waals surface area contributed by atoms with Gasteiger partial charge < -0.3 is 9.72 Å². The van der Waals surface area contributed by atoms with Gasteiger partial charge in [0.1, 0.15) is 11.9 Å². The van der Waals surface area contributed by atoms with Crippen molar-refractivity contribution in [3.8, 4) is 5.75 Å². The number of piperidine rings is 1. The van der Waals surface area contributed by atoms with Gasteiger partial charge in [-0.15, -0.1) is 0 Å². The maximum absolute atomic E-state index is 13.9. The molecular weight excluding hydrogens is 291 g/mol. The number of nitrogens with zero attached hydrogens (tertiary/aromatic N) is 1. The molecule has 2 aromatic rings. The summed E-state index contributed by atoms with van der Waals surface area (Å²) >= 11 is 0. The Bertz CT molecular complexity index is 715. The monoisotopic (exact) mass is 316 g/mol. The van der Waals surface area contributed by atoms with Crippen molar-refractivity contribution in [1.29, 1.82) is 0 Å². The van der Waals surface area contributed by atoms with Gasteiger partial charge in [0, 0.05) is 34.6 Å². The second kappa shape index (κ2) is 5.52. The number of halogens is 1. The highest BCUT2D eigenvalue weighted by atomic mass is 19.1. The van der Waals surface area contributed by atoms with Gasteiger partial charge in [0.05, 0.1) is 7.11 Å². The quantitative estimate of drug-likeness (QED) is 0.919. The molecule has 1 saturated heterocycles. The topological polar surface area (TPSA) is 28.3 Å². The van der Waals surface area contributed by atoms with Crippen LogP contribution < -0.4 is 4.74 Å². The molecule has 0 amide bonds. The zero-order valence-electron chi connectivity index (χ0n) is 14.0. The van der Waals surface area contributed by atoms with Crippen LogP contribution in [0.5, 0.6) is 5.75 Å². The molecule has 1 unspecified atom stereocenters. The smallest absolute Gasteiger partial charge is 0.124 e. The molecule has 3 nitrogen and oxygen atoms in total. The number of rotatable bonds is 3. The number of likely N-dealkylation sites (tertiary alicyclic amines) is 1. The van der Waals surface area contributed by atoms with E-state index in [4.69, 9.17) is 4.74 Å². The number of aromatic nitrogens is 1. The van der Waals surface area contributed by atoms with E-state index in [0.717, 1.165) is 51.1 Å². The van der Waals surface area contributed by atoms with E-state index in [0.29, 0.717) is 0 Å². The molecule has 4 rings (SSSR count). The fourth-order valence-corrected chi connectivity index (χ4v) is 4.39. The largest absolute Gasteiger partial charge is 0.496 e. The van der Waals surface area contributed by atoms with Gasteiger partial charge in [-0.2, -0.15) is 0 Å². The lowest BCUT2D eigenvalue weighted by Crippen LogP contribution is -2.50. The molecule has 1 aromatic carbocycles. The van der Waals surface area contributed by atoms with Gasteiger partial charge in [0.15, 0.2) is 0 Å². The van der Waals surface area contributed by atoms with Crippen LogP contribution in [0.2, 0.25) is 0 Å². The van der Waals surface area contributed by atoms with Crippen LogP contribution in [0.15, 0.2) is 18.3 Å². The number of H-pyrrole nitrogens is 1. The summed E-state index contributed by atoms with van der Waals surface area (Å²) in [6.45, 7) is 4.96. The molecule has 4 heteroatoms. The molecular formula is C19H25FN2O. The molecule has 0 radical (unpaired) electrons. The van der Waals surface area contributed by atoms with Crippen LogP contribution in [-0.2, 0) is 6.54 Å². The first-order valence-corrected chi connectivity index (χ1v) is 8.63. The fraction of sp³-hybridized carbons (Fsp3) is 0.579. The second-order valence-corrected chi connectivity index (χ2v) is 7.29. The standard InChI is InChI=1S/C19H25FN2O/c1-13-11-16(23-2)15(14-4-8-21-18(13)14)12-22-9-6-19(7-10-22)5-3-17(19)20/h4,8,11,17,21H,3,5-7,9-10,12H2,1-2H3. The normalized spacial score (nSPS) is 24.0. The molecule has 1 aromatic heterocycles. The lowest BCUT2D eigenvalue weighted by Gasteiger charge is -2.50. The zero-order chi connectivity index (χ0) is 16.0. The molecule has 2 heterocycles. The van der Waals surface area contributed by atoms with Gasteiger partial charge in [-0.05, 0) is 63.4 Å². The first-order chi connectivity index (χ1) is 11.1. The average Bonchev–Trinajstić information content (AvgIpc) is 3.07. The van der Waals surface area contributed by atoms with Crippen molar-refractivity contribution in [3.63, 3.8) is 0 Å². The zero-order valence-corrected chi connectivity index (χ0v) is 14.0. The Balaban J connectivity index is 1.56. The molecule has 2 aliphatic rings. The summed E-state index contributed by atoms with van der Waals surface area (Å²) in [6, 6.07) is 4.25. The summed E-state index contributed by atoms with van der Waals surface area (Å²) in [5, 5.41) is 1.24. The molecule has 0 bridgehead atoms. The van der Waals surface area contributed by atoms with Crippen LogP contribution in [0.25, 0.3) is 10.9 Å². The second-order valence-electron chi connectivity index (χ2n) is 7.29. The minimum atomic E-state index is -0.560. The number of methoxy groups -OCH3 is 1. The van der Waals surface area contributed by atoms with Crippen LogP contribution >= 0.6 is 0 Å².